The average molecular weight is 264 g/mol. The summed E-state index contributed by atoms with van der Waals surface area (Å²) < 4.78 is 11.8. The van der Waals surface area contributed by atoms with Crippen LogP contribution in [0.1, 0.15) is 40.0 Å². The first-order chi connectivity index (χ1) is 9.11. The van der Waals surface area contributed by atoms with Crippen molar-refractivity contribution < 1.29 is 14.6 Å². The lowest BCUT2D eigenvalue weighted by molar-refractivity contribution is -0.147. The van der Waals surface area contributed by atoms with Crippen molar-refractivity contribution in [1.29, 1.82) is 0 Å². The van der Waals surface area contributed by atoms with E-state index in [0.717, 1.165) is 24.3 Å². The Morgan fingerprint density at radius 3 is 2.53 bits per heavy atom. The van der Waals surface area contributed by atoms with Crippen molar-refractivity contribution in [3.63, 3.8) is 0 Å². The van der Waals surface area contributed by atoms with E-state index in [0.29, 0.717) is 13.0 Å². The predicted molar refractivity (Wildman–Crippen MR) is 75.7 cm³/mol. The fourth-order valence-corrected chi connectivity index (χ4v) is 2.47. The molecule has 0 aliphatic heterocycles. The highest BCUT2D eigenvalue weighted by atomic mass is 16.5. The first-order valence-electron chi connectivity index (χ1n) is 7.18. The lowest BCUT2D eigenvalue weighted by Gasteiger charge is -2.50. The molecule has 2 rings (SSSR count). The largest absolute Gasteiger partial charge is 0.490 e. The summed E-state index contributed by atoms with van der Waals surface area (Å²) in [6, 6.07) is 7.77. The van der Waals surface area contributed by atoms with Gasteiger partial charge in [0.15, 0.2) is 11.5 Å². The van der Waals surface area contributed by atoms with Crippen molar-refractivity contribution in [3.05, 3.63) is 24.3 Å². The van der Waals surface area contributed by atoms with Gasteiger partial charge < -0.3 is 14.6 Å². The summed E-state index contributed by atoms with van der Waals surface area (Å²) in [4.78, 5) is 0. The molecule has 3 heteroatoms. The molecule has 0 radical (unpaired) electrons. The van der Waals surface area contributed by atoms with Crippen LogP contribution < -0.4 is 9.47 Å². The summed E-state index contributed by atoms with van der Waals surface area (Å²) >= 11 is 0. The average Bonchev–Trinajstić information content (AvgIpc) is 2.45. The van der Waals surface area contributed by atoms with Gasteiger partial charge in [0.25, 0.3) is 0 Å². The van der Waals surface area contributed by atoms with Gasteiger partial charge in [0, 0.05) is 11.8 Å². The Labute approximate surface area is 115 Å². The molecule has 19 heavy (non-hydrogen) atoms. The highest BCUT2D eigenvalue weighted by Gasteiger charge is 2.51. The van der Waals surface area contributed by atoms with Crippen LogP contribution in [0.15, 0.2) is 24.3 Å². The number of aliphatic hydroxyl groups is 1. The third-order valence-electron chi connectivity index (χ3n) is 4.28. The van der Waals surface area contributed by atoms with Gasteiger partial charge in [-0.25, -0.2) is 0 Å². The Balaban J connectivity index is 2.07. The molecular formula is C16H24O3. The Hall–Kier alpha value is -1.22. The molecule has 3 atom stereocenters. The Bertz CT molecular complexity index is 418. The van der Waals surface area contributed by atoms with Gasteiger partial charge in [-0.05, 0) is 25.0 Å². The smallest absolute Gasteiger partial charge is 0.161 e. The molecule has 1 aromatic carbocycles. The molecule has 3 nitrogen and oxygen atoms in total. The van der Waals surface area contributed by atoms with Gasteiger partial charge in [0.05, 0.1) is 12.7 Å². The maximum atomic E-state index is 9.91. The van der Waals surface area contributed by atoms with E-state index in [9.17, 15) is 5.11 Å². The maximum absolute atomic E-state index is 9.91. The number of hydrogen-bond donors (Lipinski definition) is 1. The van der Waals surface area contributed by atoms with Crippen molar-refractivity contribution >= 4 is 0 Å². The van der Waals surface area contributed by atoms with Crippen LogP contribution in [0.2, 0.25) is 0 Å². The van der Waals surface area contributed by atoms with Crippen LogP contribution in [0.3, 0.4) is 0 Å². The standard InChI is InChI=1S/C16H24O3/c1-4-10-18-12-8-6-7-9-13(12)19-15-11-14(17)16(15,3)5-2/h6-9,14-15,17H,4-5,10-11H2,1-3H3. The maximum Gasteiger partial charge on any atom is 0.161 e. The molecule has 0 saturated heterocycles. The Morgan fingerprint density at radius 2 is 1.95 bits per heavy atom. The van der Waals surface area contributed by atoms with Crippen molar-refractivity contribution in [3.8, 4) is 11.5 Å². The number of aliphatic hydroxyl groups excluding tert-OH is 1. The van der Waals surface area contributed by atoms with Crippen molar-refractivity contribution in [2.24, 2.45) is 5.41 Å². The third kappa shape index (κ3) is 2.71. The minimum Gasteiger partial charge on any atom is -0.490 e. The number of rotatable bonds is 6. The van der Waals surface area contributed by atoms with Crippen molar-refractivity contribution in [2.45, 2.75) is 52.2 Å². The molecule has 1 aromatic rings. The zero-order valence-corrected chi connectivity index (χ0v) is 12.1. The predicted octanol–water partition coefficient (Wildman–Crippen LogP) is 3.40. The zero-order valence-electron chi connectivity index (χ0n) is 12.1. The van der Waals surface area contributed by atoms with Gasteiger partial charge in [0.1, 0.15) is 6.10 Å². The first-order valence-corrected chi connectivity index (χ1v) is 7.18. The molecular weight excluding hydrogens is 240 g/mol. The molecule has 1 saturated carbocycles. The zero-order chi connectivity index (χ0) is 13.9. The number of para-hydroxylation sites is 2. The van der Waals surface area contributed by atoms with Gasteiger partial charge in [-0.2, -0.15) is 0 Å². The van der Waals surface area contributed by atoms with Gasteiger partial charge in [-0.3, -0.25) is 0 Å². The summed E-state index contributed by atoms with van der Waals surface area (Å²) in [5.41, 5.74) is -0.141. The van der Waals surface area contributed by atoms with Crippen LogP contribution in [0.25, 0.3) is 0 Å². The molecule has 0 spiro atoms. The van der Waals surface area contributed by atoms with Crippen LogP contribution >= 0.6 is 0 Å². The fraction of sp³-hybridized carbons (Fsp3) is 0.625. The molecule has 1 aliphatic rings. The Morgan fingerprint density at radius 1 is 1.26 bits per heavy atom. The van der Waals surface area contributed by atoms with Gasteiger partial charge in [-0.15, -0.1) is 0 Å². The van der Waals surface area contributed by atoms with Crippen molar-refractivity contribution in [2.75, 3.05) is 6.61 Å². The number of hydrogen-bond acceptors (Lipinski definition) is 3. The lowest BCUT2D eigenvalue weighted by Crippen LogP contribution is -2.57. The van der Waals surface area contributed by atoms with Gasteiger partial charge in [-0.1, -0.05) is 32.9 Å². The van der Waals surface area contributed by atoms with Crippen molar-refractivity contribution in [1.82, 2.24) is 0 Å². The van der Waals surface area contributed by atoms with E-state index in [-0.39, 0.29) is 17.6 Å². The van der Waals surface area contributed by atoms with Crippen LogP contribution in [-0.4, -0.2) is 23.9 Å². The molecule has 1 N–H and O–H groups in total. The second kappa shape index (κ2) is 5.83. The molecule has 1 aliphatic carbocycles. The highest BCUT2D eigenvalue weighted by molar-refractivity contribution is 5.40. The van der Waals surface area contributed by atoms with E-state index in [1.807, 2.05) is 24.3 Å². The van der Waals surface area contributed by atoms with E-state index in [1.165, 1.54) is 0 Å². The first kappa shape index (κ1) is 14.2. The van der Waals surface area contributed by atoms with E-state index >= 15 is 0 Å². The number of ether oxygens (including phenoxy) is 2. The molecule has 3 unspecified atom stereocenters. The topological polar surface area (TPSA) is 38.7 Å². The Kier molecular flexibility index (Phi) is 4.35. The van der Waals surface area contributed by atoms with Crippen LogP contribution in [-0.2, 0) is 0 Å². The highest BCUT2D eigenvalue weighted by Crippen LogP contribution is 2.46. The molecule has 0 bridgehead atoms. The SMILES string of the molecule is CCCOc1ccccc1OC1CC(O)C1(C)CC. The van der Waals surface area contributed by atoms with E-state index in [4.69, 9.17) is 9.47 Å². The minimum absolute atomic E-state index is 0.0684. The molecule has 0 heterocycles. The van der Waals surface area contributed by atoms with E-state index < -0.39 is 0 Å². The number of benzene rings is 1. The summed E-state index contributed by atoms with van der Waals surface area (Å²) in [7, 11) is 0. The molecule has 106 valence electrons. The minimum atomic E-state index is -0.258. The summed E-state index contributed by atoms with van der Waals surface area (Å²) in [6.45, 7) is 6.96. The van der Waals surface area contributed by atoms with Crippen LogP contribution in [0.4, 0.5) is 0 Å². The van der Waals surface area contributed by atoms with Crippen LogP contribution in [0.5, 0.6) is 11.5 Å². The van der Waals surface area contributed by atoms with E-state index in [2.05, 4.69) is 20.8 Å². The van der Waals surface area contributed by atoms with Gasteiger partial charge >= 0.3 is 0 Å². The summed E-state index contributed by atoms with van der Waals surface area (Å²) in [5, 5.41) is 9.91. The second-order valence-electron chi connectivity index (χ2n) is 5.51. The second-order valence-corrected chi connectivity index (χ2v) is 5.51. The summed E-state index contributed by atoms with van der Waals surface area (Å²) in [6.07, 6.45) is 2.40. The van der Waals surface area contributed by atoms with Crippen LogP contribution in [0, 0.1) is 5.41 Å². The monoisotopic (exact) mass is 264 g/mol. The lowest BCUT2D eigenvalue weighted by atomic mass is 9.63. The quantitative estimate of drug-likeness (QED) is 0.855. The summed E-state index contributed by atoms with van der Waals surface area (Å²) in [5.74, 6) is 1.58. The van der Waals surface area contributed by atoms with E-state index in [1.54, 1.807) is 0 Å². The molecule has 0 amide bonds. The van der Waals surface area contributed by atoms with Gasteiger partial charge in [0.2, 0.25) is 0 Å². The molecule has 0 aromatic heterocycles. The fourth-order valence-electron chi connectivity index (χ4n) is 2.47. The normalized spacial score (nSPS) is 29.7. The third-order valence-corrected chi connectivity index (χ3v) is 4.28. The molecule has 1 fully saturated rings.